The van der Waals surface area contributed by atoms with E-state index in [4.69, 9.17) is 0 Å². The van der Waals surface area contributed by atoms with Gasteiger partial charge in [-0.2, -0.15) is 0 Å². The summed E-state index contributed by atoms with van der Waals surface area (Å²) in [6, 6.07) is 5.91. The van der Waals surface area contributed by atoms with E-state index in [2.05, 4.69) is 15.8 Å². The number of hydrogen-bond acceptors (Lipinski definition) is 4. The molecule has 0 spiro atoms. The zero-order valence-electron chi connectivity index (χ0n) is 11.3. The van der Waals surface area contributed by atoms with E-state index in [-0.39, 0.29) is 30.4 Å². The van der Waals surface area contributed by atoms with Crippen LogP contribution in [-0.2, 0) is 6.54 Å². The highest BCUT2D eigenvalue weighted by Crippen LogP contribution is 2.34. The SMILES string of the molecule is Cl.Cl.O=c1cc(-c2ccns2)cc2n1C[C@@H]1CNC[C@H]2C1. The molecule has 0 radical (unpaired) electrons. The molecule has 0 aliphatic carbocycles. The van der Waals surface area contributed by atoms with E-state index in [1.807, 2.05) is 10.6 Å². The van der Waals surface area contributed by atoms with Gasteiger partial charge in [0.15, 0.2) is 0 Å². The molecular weight excluding hydrogens is 329 g/mol. The fourth-order valence-electron chi connectivity index (χ4n) is 3.31. The molecule has 4 heterocycles. The Morgan fingerprint density at radius 2 is 2.14 bits per heavy atom. The molecule has 2 aromatic heterocycles. The molecule has 0 amide bonds. The van der Waals surface area contributed by atoms with Crippen LogP contribution in [0, 0.1) is 5.92 Å². The quantitative estimate of drug-likeness (QED) is 0.863. The lowest BCUT2D eigenvalue weighted by molar-refractivity contribution is 0.257. The van der Waals surface area contributed by atoms with Gasteiger partial charge in [-0.15, -0.1) is 24.8 Å². The van der Waals surface area contributed by atoms with Crippen LogP contribution in [-0.4, -0.2) is 22.0 Å². The van der Waals surface area contributed by atoms with Crippen molar-refractivity contribution in [2.45, 2.75) is 18.9 Å². The van der Waals surface area contributed by atoms with Crippen LogP contribution in [0.4, 0.5) is 0 Å². The monoisotopic (exact) mass is 345 g/mol. The maximum atomic E-state index is 12.3. The van der Waals surface area contributed by atoms with Crippen molar-refractivity contribution in [3.05, 3.63) is 40.4 Å². The minimum Gasteiger partial charge on any atom is -0.316 e. The highest BCUT2D eigenvalue weighted by molar-refractivity contribution is 7.09. The molecule has 2 aliphatic heterocycles. The van der Waals surface area contributed by atoms with Gasteiger partial charge in [0.1, 0.15) is 0 Å². The molecule has 1 N–H and O–H groups in total. The summed E-state index contributed by atoms with van der Waals surface area (Å²) in [7, 11) is 0. The topological polar surface area (TPSA) is 46.9 Å². The van der Waals surface area contributed by atoms with Gasteiger partial charge in [0.25, 0.3) is 5.56 Å². The second kappa shape index (κ2) is 6.48. The van der Waals surface area contributed by atoms with E-state index in [0.717, 1.165) is 30.1 Å². The molecule has 21 heavy (non-hydrogen) atoms. The van der Waals surface area contributed by atoms with Crippen molar-refractivity contribution in [1.29, 1.82) is 0 Å². The Morgan fingerprint density at radius 1 is 1.29 bits per heavy atom. The highest BCUT2D eigenvalue weighted by atomic mass is 35.5. The van der Waals surface area contributed by atoms with Gasteiger partial charge in [-0.3, -0.25) is 4.79 Å². The number of nitrogens with zero attached hydrogens (tertiary/aromatic N) is 2. The average Bonchev–Trinajstić information content (AvgIpc) is 2.94. The van der Waals surface area contributed by atoms with Crippen molar-refractivity contribution < 1.29 is 0 Å². The van der Waals surface area contributed by atoms with Gasteiger partial charge in [-0.1, -0.05) is 0 Å². The van der Waals surface area contributed by atoms with Crippen LogP contribution in [0.25, 0.3) is 10.4 Å². The molecule has 0 aromatic carbocycles. The van der Waals surface area contributed by atoms with Gasteiger partial charge >= 0.3 is 0 Å². The van der Waals surface area contributed by atoms with Crippen molar-refractivity contribution in [3.63, 3.8) is 0 Å². The average molecular weight is 346 g/mol. The second-order valence-electron chi connectivity index (χ2n) is 5.45. The third-order valence-corrected chi connectivity index (χ3v) is 4.98. The number of rotatable bonds is 1. The number of aromatic nitrogens is 2. The molecule has 2 atom stereocenters. The van der Waals surface area contributed by atoms with E-state index in [0.29, 0.717) is 11.8 Å². The molecule has 1 fully saturated rings. The number of fused-ring (bicyclic) bond motifs is 4. The predicted molar refractivity (Wildman–Crippen MR) is 90.0 cm³/mol. The Labute approximate surface area is 139 Å². The fraction of sp³-hybridized carbons (Fsp3) is 0.429. The van der Waals surface area contributed by atoms with Gasteiger partial charge in [0.05, 0.1) is 4.88 Å². The maximum Gasteiger partial charge on any atom is 0.251 e. The third-order valence-electron chi connectivity index (χ3n) is 4.18. The zero-order valence-corrected chi connectivity index (χ0v) is 13.8. The summed E-state index contributed by atoms with van der Waals surface area (Å²) in [5.74, 6) is 1.09. The molecule has 4 nitrogen and oxygen atoms in total. The van der Waals surface area contributed by atoms with Crippen molar-refractivity contribution in [2.75, 3.05) is 13.1 Å². The van der Waals surface area contributed by atoms with Crippen LogP contribution in [0.5, 0.6) is 0 Å². The van der Waals surface area contributed by atoms with Crippen LogP contribution in [0.3, 0.4) is 0 Å². The number of nitrogens with one attached hydrogen (secondary N) is 1. The van der Waals surface area contributed by atoms with E-state index in [9.17, 15) is 4.79 Å². The lowest BCUT2D eigenvalue weighted by atomic mass is 9.84. The lowest BCUT2D eigenvalue weighted by Gasteiger charge is -2.37. The Balaban J connectivity index is 0.000000807. The molecular formula is C14H17Cl2N3OS. The molecule has 2 bridgehead atoms. The Bertz CT molecular complexity index is 671. The van der Waals surface area contributed by atoms with E-state index < -0.39 is 0 Å². The van der Waals surface area contributed by atoms with Gasteiger partial charge in [-0.25, -0.2) is 4.37 Å². The highest BCUT2D eigenvalue weighted by Gasteiger charge is 2.31. The van der Waals surface area contributed by atoms with Crippen molar-refractivity contribution in [2.24, 2.45) is 5.92 Å². The van der Waals surface area contributed by atoms with Crippen LogP contribution in [0.15, 0.2) is 29.2 Å². The third kappa shape index (κ3) is 2.88. The Hall–Kier alpha value is -0.880. The molecule has 4 rings (SSSR count). The summed E-state index contributed by atoms with van der Waals surface area (Å²) in [4.78, 5) is 13.4. The first kappa shape index (κ1) is 16.5. The summed E-state index contributed by atoms with van der Waals surface area (Å²) < 4.78 is 6.10. The molecule has 0 saturated carbocycles. The van der Waals surface area contributed by atoms with Crippen molar-refractivity contribution in [1.82, 2.24) is 14.3 Å². The first-order valence-corrected chi connectivity index (χ1v) is 7.45. The molecule has 0 unspecified atom stereocenters. The molecule has 114 valence electrons. The summed E-state index contributed by atoms with van der Waals surface area (Å²) in [5, 5.41) is 3.48. The normalized spacial score (nSPS) is 22.7. The zero-order chi connectivity index (χ0) is 12.8. The minimum absolute atomic E-state index is 0. The predicted octanol–water partition coefficient (Wildman–Crippen LogP) is 2.52. The van der Waals surface area contributed by atoms with Crippen LogP contribution < -0.4 is 10.9 Å². The Morgan fingerprint density at radius 3 is 2.90 bits per heavy atom. The summed E-state index contributed by atoms with van der Waals surface area (Å²) in [6.07, 6.45) is 2.99. The minimum atomic E-state index is 0. The molecule has 2 aromatic rings. The van der Waals surface area contributed by atoms with E-state index in [1.54, 1.807) is 12.3 Å². The number of hydrogen-bond donors (Lipinski definition) is 1. The lowest BCUT2D eigenvalue weighted by Crippen LogP contribution is -2.44. The summed E-state index contributed by atoms with van der Waals surface area (Å²) >= 11 is 1.44. The van der Waals surface area contributed by atoms with Gasteiger partial charge in [-0.05, 0) is 42.5 Å². The second-order valence-corrected chi connectivity index (χ2v) is 6.28. The largest absolute Gasteiger partial charge is 0.316 e. The van der Waals surface area contributed by atoms with Gasteiger partial charge in [0.2, 0.25) is 0 Å². The van der Waals surface area contributed by atoms with Gasteiger partial charge in [0, 0.05) is 42.5 Å². The van der Waals surface area contributed by atoms with E-state index >= 15 is 0 Å². The smallest absolute Gasteiger partial charge is 0.251 e. The standard InChI is InChI=1S/C14H15N3OS.2ClH/c18-14-5-10(13-1-2-16-19-13)4-12-11-3-9(6-15-7-11)8-17(12)14;;/h1-2,4-5,9,11,15H,3,6-8H2;2*1H/t9-,11+;;/m0../s1. The fourth-order valence-corrected chi connectivity index (χ4v) is 3.89. The molecule has 2 aliphatic rings. The van der Waals surface area contributed by atoms with Crippen LogP contribution in [0.2, 0.25) is 0 Å². The Kier molecular flexibility index (Phi) is 5.09. The molecule has 1 saturated heterocycles. The maximum absolute atomic E-state index is 12.3. The van der Waals surface area contributed by atoms with Crippen molar-refractivity contribution >= 4 is 36.3 Å². The molecule has 7 heteroatoms. The first-order chi connectivity index (χ1) is 9.31. The van der Waals surface area contributed by atoms with Crippen LogP contribution >= 0.6 is 36.3 Å². The van der Waals surface area contributed by atoms with E-state index in [1.165, 1.54) is 23.6 Å². The van der Waals surface area contributed by atoms with Crippen molar-refractivity contribution in [3.8, 4) is 10.4 Å². The number of pyridine rings is 1. The van der Waals surface area contributed by atoms with Crippen LogP contribution in [0.1, 0.15) is 18.0 Å². The number of piperidine rings is 1. The first-order valence-electron chi connectivity index (χ1n) is 6.68. The van der Waals surface area contributed by atoms with Gasteiger partial charge < -0.3 is 9.88 Å². The number of halogens is 2. The summed E-state index contributed by atoms with van der Waals surface area (Å²) in [5.41, 5.74) is 2.35. The summed E-state index contributed by atoms with van der Waals surface area (Å²) in [6.45, 7) is 2.89.